The molecular weight excluding hydrogens is 422 g/mol. The Labute approximate surface area is 182 Å². The Morgan fingerprint density at radius 3 is 2.53 bits per heavy atom. The zero-order valence-corrected chi connectivity index (χ0v) is 17.6. The summed E-state index contributed by atoms with van der Waals surface area (Å²) >= 11 is 7.09. The van der Waals surface area contributed by atoms with Gasteiger partial charge in [-0.3, -0.25) is 14.6 Å². The van der Waals surface area contributed by atoms with Gasteiger partial charge < -0.3 is 15.5 Å². The van der Waals surface area contributed by atoms with Crippen molar-refractivity contribution in [2.24, 2.45) is 4.99 Å². The number of nitrogens with one attached hydrogen (secondary N) is 2. The molecule has 7 nitrogen and oxygen atoms in total. The van der Waals surface area contributed by atoms with Crippen molar-refractivity contribution in [2.45, 2.75) is 0 Å². The fourth-order valence-electron chi connectivity index (χ4n) is 3.01. The van der Waals surface area contributed by atoms with Crippen LogP contribution >= 0.6 is 22.9 Å². The Kier molecular flexibility index (Phi) is 5.78. The summed E-state index contributed by atoms with van der Waals surface area (Å²) in [4.78, 5) is 35.9. The quantitative estimate of drug-likeness (QED) is 0.629. The molecule has 2 aromatic heterocycles. The maximum Gasteiger partial charge on any atom is 0.259 e. The molecular formula is C21H18ClN5O2S. The summed E-state index contributed by atoms with van der Waals surface area (Å²) in [6.45, 7) is 1.68. The number of nitrogens with zero attached hydrogens (tertiary/aromatic N) is 3. The maximum absolute atomic E-state index is 12.7. The molecule has 2 N–H and O–H groups in total. The van der Waals surface area contributed by atoms with Crippen LogP contribution in [0.4, 0.5) is 10.8 Å². The molecule has 0 radical (unpaired) electrons. The van der Waals surface area contributed by atoms with Crippen molar-refractivity contribution in [1.29, 1.82) is 0 Å². The van der Waals surface area contributed by atoms with E-state index in [0.29, 0.717) is 27.0 Å². The van der Waals surface area contributed by atoms with E-state index in [4.69, 9.17) is 11.6 Å². The maximum atomic E-state index is 12.7. The van der Waals surface area contributed by atoms with E-state index in [1.165, 1.54) is 17.5 Å². The minimum Gasteiger partial charge on any atom is -0.358 e. The van der Waals surface area contributed by atoms with Crippen LogP contribution in [0.25, 0.3) is 0 Å². The van der Waals surface area contributed by atoms with Gasteiger partial charge in [-0.1, -0.05) is 23.7 Å². The number of carbonyl (C=O) groups is 2. The Hall–Kier alpha value is -3.23. The number of aliphatic imine (C=N–C) groups is 1. The van der Waals surface area contributed by atoms with Crippen LogP contribution in [0.5, 0.6) is 0 Å². The number of amides is 2. The molecule has 0 saturated heterocycles. The van der Waals surface area contributed by atoms with Crippen molar-refractivity contribution in [2.75, 3.05) is 30.8 Å². The number of amidine groups is 1. The van der Waals surface area contributed by atoms with E-state index in [-0.39, 0.29) is 11.8 Å². The van der Waals surface area contributed by atoms with Gasteiger partial charge in [0.2, 0.25) is 0 Å². The predicted molar refractivity (Wildman–Crippen MR) is 120 cm³/mol. The van der Waals surface area contributed by atoms with Crippen molar-refractivity contribution in [3.05, 3.63) is 75.8 Å². The minimum absolute atomic E-state index is 0.288. The molecule has 152 valence electrons. The molecule has 0 bridgehead atoms. The normalized spacial score (nSPS) is 13.1. The summed E-state index contributed by atoms with van der Waals surface area (Å²) in [5.41, 5.74) is 1.83. The first-order valence-corrected chi connectivity index (χ1v) is 10.4. The highest BCUT2D eigenvalue weighted by Crippen LogP contribution is 2.25. The first kappa shape index (κ1) is 20.1. The van der Waals surface area contributed by atoms with Gasteiger partial charge in [0.1, 0.15) is 16.7 Å². The van der Waals surface area contributed by atoms with Gasteiger partial charge in [0.15, 0.2) is 0 Å². The molecule has 0 spiro atoms. The summed E-state index contributed by atoms with van der Waals surface area (Å²) in [6.07, 6.45) is 1.45. The Balaban J connectivity index is 1.45. The van der Waals surface area contributed by atoms with Crippen molar-refractivity contribution < 1.29 is 9.59 Å². The van der Waals surface area contributed by atoms with E-state index in [1.807, 2.05) is 19.2 Å². The van der Waals surface area contributed by atoms with E-state index in [9.17, 15) is 9.59 Å². The molecule has 1 aliphatic rings. The second-order valence-corrected chi connectivity index (χ2v) is 7.99. The molecule has 0 unspecified atom stereocenters. The average Bonchev–Trinajstić information content (AvgIpc) is 3.38. The summed E-state index contributed by atoms with van der Waals surface area (Å²) in [5.74, 6) is 0.654. The smallest absolute Gasteiger partial charge is 0.259 e. The molecule has 30 heavy (non-hydrogen) atoms. The highest BCUT2D eigenvalue weighted by atomic mass is 35.5. The molecule has 0 saturated carbocycles. The Bertz CT molecular complexity index is 1110. The topological polar surface area (TPSA) is 86.7 Å². The molecule has 0 fully saturated rings. The molecule has 4 rings (SSSR count). The number of benzene rings is 1. The van der Waals surface area contributed by atoms with Gasteiger partial charge >= 0.3 is 0 Å². The SMILES string of the molecule is CN1CCN=C1c1ccc(C(=O)Nc2sccc2C(=O)Nc2ccc(Cl)cn2)cc1. The molecule has 1 aliphatic heterocycles. The zero-order chi connectivity index (χ0) is 21.1. The number of aromatic nitrogens is 1. The van der Waals surface area contributed by atoms with Crippen molar-refractivity contribution in [3.63, 3.8) is 0 Å². The van der Waals surface area contributed by atoms with Crippen LogP contribution in [-0.2, 0) is 0 Å². The fourth-order valence-corrected chi connectivity index (χ4v) is 3.90. The number of rotatable bonds is 5. The molecule has 3 heterocycles. The molecule has 2 amide bonds. The number of likely N-dealkylation sites (N-methyl/N-ethyl adjacent to an activating group) is 1. The van der Waals surface area contributed by atoms with Gasteiger partial charge in [0.25, 0.3) is 11.8 Å². The second-order valence-electron chi connectivity index (χ2n) is 6.64. The van der Waals surface area contributed by atoms with E-state index in [1.54, 1.807) is 35.7 Å². The summed E-state index contributed by atoms with van der Waals surface area (Å²) in [5, 5.41) is 8.21. The van der Waals surface area contributed by atoms with Crippen molar-refractivity contribution >= 4 is 51.4 Å². The first-order chi connectivity index (χ1) is 14.5. The molecule has 1 aromatic carbocycles. The average molecular weight is 440 g/mol. The third-order valence-electron chi connectivity index (χ3n) is 4.57. The monoisotopic (exact) mass is 439 g/mol. The van der Waals surface area contributed by atoms with Crippen LogP contribution in [0.3, 0.4) is 0 Å². The second kappa shape index (κ2) is 8.64. The third kappa shape index (κ3) is 4.34. The first-order valence-electron chi connectivity index (χ1n) is 9.19. The van der Waals surface area contributed by atoms with E-state index in [0.717, 1.165) is 24.5 Å². The van der Waals surface area contributed by atoms with Gasteiger partial charge in [0.05, 0.1) is 17.1 Å². The minimum atomic E-state index is -0.362. The van der Waals surface area contributed by atoms with Crippen LogP contribution in [0.1, 0.15) is 26.3 Å². The molecule has 0 aliphatic carbocycles. The summed E-state index contributed by atoms with van der Waals surface area (Å²) in [6, 6.07) is 12.2. The Morgan fingerprint density at radius 2 is 1.87 bits per heavy atom. The standard InChI is InChI=1S/C21H18ClN5O2S/c1-27-10-9-23-18(27)13-2-4-14(5-3-13)19(28)26-21-16(8-11-30-21)20(29)25-17-7-6-15(22)12-24-17/h2-8,11-12H,9-10H2,1H3,(H,26,28)(H,24,25,29). The van der Waals surface area contributed by atoms with Gasteiger partial charge in [-0.2, -0.15) is 0 Å². The van der Waals surface area contributed by atoms with Crippen LogP contribution in [0.2, 0.25) is 5.02 Å². The number of hydrogen-bond acceptors (Lipinski definition) is 6. The lowest BCUT2D eigenvalue weighted by molar-refractivity contribution is 0.102. The molecule has 3 aromatic rings. The van der Waals surface area contributed by atoms with Crippen molar-refractivity contribution in [1.82, 2.24) is 9.88 Å². The summed E-state index contributed by atoms with van der Waals surface area (Å²) in [7, 11) is 2.00. The lowest BCUT2D eigenvalue weighted by atomic mass is 10.1. The van der Waals surface area contributed by atoms with E-state index >= 15 is 0 Å². The molecule has 9 heteroatoms. The van der Waals surface area contributed by atoms with Crippen LogP contribution in [0, 0.1) is 0 Å². The van der Waals surface area contributed by atoms with Gasteiger partial charge in [-0.05, 0) is 35.7 Å². The van der Waals surface area contributed by atoms with Gasteiger partial charge in [0, 0.05) is 30.9 Å². The van der Waals surface area contributed by atoms with Gasteiger partial charge in [-0.25, -0.2) is 4.98 Å². The number of halogens is 1. The number of hydrogen-bond donors (Lipinski definition) is 2. The number of carbonyl (C=O) groups excluding carboxylic acids is 2. The number of thiophene rings is 1. The van der Waals surface area contributed by atoms with Crippen LogP contribution in [-0.4, -0.2) is 47.7 Å². The lowest BCUT2D eigenvalue weighted by Gasteiger charge is -2.14. The van der Waals surface area contributed by atoms with E-state index < -0.39 is 0 Å². The Morgan fingerprint density at radius 1 is 1.07 bits per heavy atom. The lowest BCUT2D eigenvalue weighted by Crippen LogP contribution is -2.23. The highest BCUT2D eigenvalue weighted by molar-refractivity contribution is 7.14. The predicted octanol–water partition coefficient (Wildman–Crippen LogP) is 3.99. The largest absolute Gasteiger partial charge is 0.358 e. The number of anilines is 2. The highest BCUT2D eigenvalue weighted by Gasteiger charge is 2.18. The van der Waals surface area contributed by atoms with Crippen molar-refractivity contribution in [3.8, 4) is 0 Å². The summed E-state index contributed by atoms with van der Waals surface area (Å²) < 4.78 is 0. The van der Waals surface area contributed by atoms with E-state index in [2.05, 4.69) is 25.5 Å². The number of pyridine rings is 1. The molecule has 0 atom stereocenters. The van der Waals surface area contributed by atoms with Crippen LogP contribution in [0.15, 0.2) is 59.0 Å². The van der Waals surface area contributed by atoms with Crippen LogP contribution < -0.4 is 10.6 Å². The third-order valence-corrected chi connectivity index (χ3v) is 5.62. The zero-order valence-electron chi connectivity index (χ0n) is 16.1. The fraction of sp³-hybridized carbons (Fsp3) is 0.143. The van der Waals surface area contributed by atoms with Gasteiger partial charge in [-0.15, -0.1) is 11.3 Å².